The summed E-state index contributed by atoms with van der Waals surface area (Å²) in [6, 6.07) is 15.6. The van der Waals surface area contributed by atoms with Crippen molar-refractivity contribution in [2.24, 2.45) is 7.05 Å². The second-order valence-corrected chi connectivity index (χ2v) is 6.79. The summed E-state index contributed by atoms with van der Waals surface area (Å²) in [5.74, 6) is -0.996. The molecule has 170 valence electrons. The van der Waals surface area contributed by atoms with Gasteiger partial charge >= 0.3 is 5.97 Å². The summed E-state index contributed by atoms with van der Waals surface area (Å²) in [5.41, 5.74) is 0.979. The Morgan fingerprint density at radius 2 is 1.55 bits per heavy atom. The molecule has 1 aromatic heterocycles. The molecule has 0 bridgehead atoms. The first-order valence-electron chi connectivity index (χ1n) is 10.0. The molecule has 0 saturated heterocycles. The normalized spacial score (nSPS) is 10.2. The maximum Gasteiger partial charge on any atom is 0.359 e. The molecule has 0 spiro atoms. The highest BCUT2D eigenvalue weighted by Gasteiger charge is 2.13. The number of carbonyl (C=O) groups is 3. The fraction of sp³-hybridized carbons (Fsp3) is 0.174. The molecule has 0 aliphatic heterocycles. The first kappa shape index (κ1) is 23.2. The van der Waals surface area contributed by atoms with Crippen molar-refractivity contribution in [1.82, 2.24) is 9.78 Å². The van der Waals surface area contributed by atoms with Crippen LogP contribution in [0.2, 0.25) is 0 Å². The molecule has 2 aromatic carbocycles. The molecule has 1 heterocycles. The predicted molar refractivity (Wildman–Crippen MR) is 120 cm³/mol. The van der Waals surface area contributed by atoms with Gasteiger partial charge in [0.25, 0.3) is 17.4 Å². The number of aromatic nitrogens is 2. The summed E-state index contributed by atoms with van der Waals surface area (Å²) >= 11 is 0. The SMILES string of the molecule is CCOc1ccc(NC(=O)c2ccc(NC(=O)COC(=O)c3ccc(=O)n(C)n3)cc2)cc1. The van der Waals surface area contributed by atoms with Crippen LogP contribution >= 0.6 is 0 Å². The van der Waals surface area contributed by atoms with Gasteiger partial charge in [0.1, 0.15) is 5.75 Å². The molecule has 10 heteroatoms. The van der Waals surface area contributed by atoms with E-state index in [1.54, 1.807) is 48.5 Å². The smallest absolute Gasteiger partial charge is 0.359 e. The molecule has 10 nitrogen and oxygen atoms in total. The van der Waals surface area contributed by atoms with Gasteiger partial charge in [-0.2, -0.15) is 5.10 Å². The van der Waals surface area contributed by atoms with Gasteiger partial charge in [0, 0.05) is 30.1 Å². The summed E-state index contributed by atoms with van der Waals surface area (Å²) in [7, 11) is 1.40. The monoisotopic (exact) mass is 450 g/mol. The Balaban J connectivity index is 1.50. The van der Waals surface area contributed by atoms with Crippen LogP contribution in [0, 0.1) is 0 Å². The summed E-state index contributed by atoms with van der Waals surface area (Å²) < 4.78 is 11.3. The minimum atomic E-state index is -0.831. The summed E-state index contributed by atoms with van der Waals surface area (Å²) in [6.07, 6.45) is 0. The van der Waals surface area contributed by atoms with Gasteiger partial charge in [-0.15, -0.1) is 0 Å². The molecule has 0 unspecified atom stereocenters. The average Bonchev–Trinajstić information content (AvgIpc) is 2.81. The second-order valence-electron chi connectivity index (χ2n) is 6.79. The third-order valence-corrected chi connectivity index (χ3v) is 4.36. The lowest BCUT2D eigenvalue weighted by Crippen LogP contribution is -2.24. The zero-order chi connectivity index (χ0) is 23.8. The largest absolute Gasteiger partial charge is 0.494 e. The van der Waals surface area contributed by atoms with E-state index >= 15 is 0 Å². The molecule has 0 aliphatic carbocycles. The van der Waals surface area contributed by atoms with E-state index in [4.69, 9.17) is 9.47 Å². The Hall–Kier alpha value is -4.47. The van der Waals surface area contributed by atoms with Crippen molar-refractivity contribution in [1.29, 1.82) is 0 Å². The number of nitrogens with one attached hydrogen (secondary N) is 2. The lowest BCUT2D eigenvalue weighted by atomic mass is 10.2. The molecule has 0 radical (unpaired) electrons. The second kappa shape index (κ2) is 10.7. The number of esters is 1. The maximum absolute atomic E-state index is 12.4. The van der Waals surface area contributed by atoms with Crippen LogP contribution in [0.4, 0.5) is 11.4 Å². The fourth-order valence-electron chi connectivity index (χ4n) is 2.72. The minimum absolute atomic E-state index is 0.0900. The zero-order valence-corrected chi connectivity index (χ0v) is 18.0. The quantitative estimate of drug-likeness (QED) is 0.504. The number of carbonyl (C=O) groups excluding carboxylic acids is 3. The predicted octanol–water partition coefficient (Wildman–Crippen LogP) is 2.23. The first-order chi connectivity index (χ1) is 15.9. The van der Waals surface area contributed by atoms with Gasteiger partial charge < -0.3 is 20.1 Å². The number of ether oxygens (including phenoxy) is 2. The molecule has 2 amide bonds. The molecule has 0 aliphatic rings. The van der Waals surface area contributed by atoms with Crippen molar-refractivity contribution in [3.63, 3.8) is 0 Å². The van der Waals surface area contributed by atoms with Gasteiger partial charge in [-0.25, -0.2) is 9.48 Å². The van der Waals surface area contributed by atoms with Gasteiger partial charge in [0.2, 0.25) is 0 Å². The number of benzene rings is 2. The third kappa shape index (κ3) is 6.50. The highest BCUT2D eigenvalue weighted by molar-refractivity contribution is 6.04. The third-order valence-electron chi connectivity index (χ3n) is 4.36. The van der Waals surface area contributed by atoms with Gasteiger partial charge in [-0.05, 0) is 61.5 Å². The lowest BCUT2D eigenvalue weighted by molar-refractivity contribution is -0.119. The highest BCUT2D eigenvalue weighted by atomic mass is 16.5. The summed E-state index contributed by atoms with van der Waals surface area (Å²) in [6.45, 7) is 1.91. The van der Waals surface area contributed by atoms with Crippen LogP contribution in [-0.2, 0) is 16.6 Å². The molecule has 2 N–H and O–H groups in total. The fourth-order valence-corrected chi connectivity index (χ4v) is 2.72. The number of amides is 2. The Labute approximate surface area is 189 Å². The number of hydrogen-bond acceptors (Lipinski definition) is 7. The van der Waals surface area contributed by atoms with E-state index in [1.165, 1.54) is 19.2 Å². The van der Waals surface area contributed by atoms with Gasteiger partial charge in [-0.1, -0.05) is 0 Å². The number of rotatable bonds is 8. The van der Waals surface area contributed by atoms with E-state index in [-0.39, 0.29) is 17.2 Å². The molecular formula is C23H22N4O6. The summed E-state index contributed by atoms with van der Waals surface area (Å²) in [4.78, 5) is 47.7. The molecule has 0 fully saturated rings. The number of hydrogen-bond donors (Lipinski definition) is 2. The Bertz CT molecular complexity index is 1200. The van der Waals surface area contributed by atoms with Gasteiger partial charge in [0.05, 0.1) is 6.61 Å². The molecule has 33 heavy (non-hydrogen) atoms. The van der Waals surface area contributed by atoms with Crippen LogP contribution in [0.5, 0.6) is 5.75 Å². The topological polar surface area (TPSA) is 129 Å². The summed E-state index contributed by atoms with van der Waals surface area (Å²) in [5, 5.41) is 9.10. The lowest BCUT2D eigenvalue weighted by Gasteiger charge is -2.09. The van der Waals surface area contributed by atoms with Crippen molar-refractivity contribution in [3.8, 4) is 5.75 Å². The van der Waals surface area contributed by atoms with Crippen LogP contribution in [0.25, 0.3) is 0 Å². The van der Waals surface area contributed by atoms with Crippen LogP contribution in [0.15, 0.2) is 65.5 Å². The maximum atomic E-state index is 12.4. The highest BCUT2D eigenvalue weighted by Crippen LogP contribution is 2.17. The zero-order valence-electron chi connectivity index (χ0n) is 18.0. The molecule has 0 atom stereocenters. The Morgan fingerprint density at radius 1 is 0.909 bits per heavy atom. The van der Waals surface area contributed by atoms with Crippen molar-refractivity contribution >= 4 is 29.2 Å². The average molecular weight is 450 g/mol. The van der Waals surface area contributed by atoms with Crippen LogP contribution in [0.3, 0.4) is 0 Å². The van der Waals surface area contributed by atoms with Crippen molar-refractivity contribution in [3.05, 3.63) is 82.3 Å². The van der Waals surface area contributed by atoms with E-state index in [0.717, 1.165) is 4.68 Å². The van der Waals surface area contributed by atoms with Gasteiger partial charge in [0.15, 0.2) is 12.3 Å². The first-order valence-corrected chi connectivity index (χ1v) is 10.0. The standard InChI is InChI=1S/C23H22N4O6/c1-3-32-18-10-8-17(9-11-18)25-22(30)15-4-6-16(7-5-15)24-20(28)14-33-23(31)19-12-13-21(29)27(2)26-19/h4-13H,3,14H2,1-2H3,(H,24,28)(H,25,30). The number of nitrogens with zero attached hydrogens (tertiary/aromatic N) is 2. The van der Waals surface area contributed by atoms with Gasteiger partial charge in [-0.3, -0.25) is 14.4 Å². The number of aryl methyl sites for hydroxylation is 1. The van der Waals surface area contributed by atoms with Crippen molar-refractivity contribution in [2.45, 2.75) is 6.92 Å². The van der Waals surface area contributed by atoms with Crippen molar-refractivity contribution < 1.29 is 23.9 Å². The number of anilines is 2. The Kier molecular flexibility index (Phi) is 7.53. The van der Waals surface area contributed by atoms with E-state index in [0.29, 0.717) is 29.3 Å². The molecule has 3 rings (SSSR count). The van der Waals surface area contributed by atoms with Crippen LogP contribution < -0.4 is 20.9 Å². The molecule has 3 aromatic rings. The van der Waals surface area contributed by atoms with Crippen LogP contribution in [-0.4, -0.2) is 40.8 Å². The van der Waals surface area contributed by atoms with Crippen LogP contribution in [0.1, 0.15) is 27.8 Å². The van der Waals surface area contributed by atoms with E-state index in [1.807, 2.05) is 6.92 Å². The Morgan fingerprint density at radius 3 is 2.18 bits per heavy atom. The molecular weight excluding hydrogens is 428 g/mol. The van der Waals surface area contributed by atoms with Crippen molar-refractivity contribution in [2.75, 3.05) is 23.8 Å². The van der Waals surface area contributed by atoms with E-state index < -0.39 is 18.5 Å². The van der Waals surface area contributed by atoms with E-state index in [9.17, 15) is 19.2 Å². The molecule has 0 saturated carbocycles. The van der Waals surface area contributed by atoms with E-state index in [2.05, 4.69) is 15.7 Å². The minimum Gasteiger partial charge on any atom is -0.494 e.